The number of carbonyl (C=O) groups excluding carboxylic acids is 2. The molecule has 0 saturated carbocycles. The average Bonchev–Trinajstić information content (AvgIpc) is 2.86. The van der Waals surface area contributed by atoms with Crippen molar-refractivity contribution in [2.75, 3.05) is 30.8 Å². The summed E-state index contributed by atoms with van der Waals surface area (Å²) in [5.74, 6) is 0.253. The van der Waals surface area contributed by atoms with E-state index in [1.165, 1.54) is 4.31 Å². The van der Waals surface area contributed by atoms with Crippen molar-refractivity contribution in [3.05, 3.63) is 60.2 Å². The van der Waals surface area contributed by atoms with Crippen LogP contribution in [0.1, 0.15) is 45.6 Å². The van der Waals surface area contributed by atoms with Gasteiger partial charge in [0.25, 0.3) is 0 Å². The Morgan fingerprint density at radius 3 is 2.19 bits per heavy atom. The highest BCUT2D eigenvalue weighted by molar-refractivity contribution is 7.92. The maximum Gasteiger partial charge on any atom is 0.242 e. The fraction of sp³-hybridized carbons (Fsp3) is 0.481. The SMILES string of the molecule is CC[C@@H](C)NC(=O)[C@H](C)N(CCc1ccccc1)C(=O)CCCN(c1ccc(OC)cc1)S(C)(=O)=O. The van der Waals surface area contributed by atoms with Gasteiger partial charge in [-0.15, -0.1) is 0 Å². The van der Waals surface area contributed by atoms with Gasteiger partial charge in [0.05, 0.1) is 19.1 Å². The summed E-state index contributed by atoms with van der Waals surface area (Å²) in [6.45, 7) is 6.20. The van der Waals surface area contributed by atoms with Gasteiger partial charge in [0, 0.05) is 25.6 Å². The first-order valence-electron chi connectivity index (χ1n) is 12.3. The van der Waals surface area contributed by atoms with Crippen LogP contribution in [-0.2, 0) is 26.0 Å². The Bertz CT molecular complexity index is 1070. The van der Waals surface area contributed by atoms with Crippen LogP contribution in [0.2, 0.25) is 0 Å². The summed E-state index contributed by atoms with van der Waals surface area (Å²) in [4.78, 5) is 27.7. The molecule has 2 aromatic carbocycles. The highest BCUT2D eigenvalue weighted by Crippen LogP contribution is 2.22. The zero-order valence-electron chi connectivity index (χ0n) is 21.9. The van der Waals surface area contributed by atoms with E-state index >= 15 is 0 Å². The summed E-state index contributed by atoms with van der Waals surface area (Å²) in [6, 6.07) is 15.9. The molecule has 2 aromatic rings. The Balaban J connectivity index is 2.11. The lowest BCUT2D eigenvalue weighted by molar-refractivity contribution is -0.140. The Labute approximate surface area is 215 Å². The molecular formula is C27H39N3O5S. The second-order valence-corrected chi connectivity index (χ2v) is 10.9. The molecule has 0 fully saturated rings. The molecule has 0 aliphatic heterocycles. The summed E-state index contributed by atoms with van der Waals surface area (Å²) < 4.78 is 31.3. The van der Waals surface area contributed by atoms with E-state index in [-0.39, 0.29) is 30.8 Å². The molecule has 0 aromatic heterocycles. The standard InChI is InChI=1S/C27H39N3O5S/c1-6-21(2)28-27(32)22(3)29(20-18-23-11-8-7-9-12-23)26(31)13-10-19-30(36(5,33)34)24-14-16-25(35-4)17-15-24/h7-9,11-12,14-17,21-22H,6,10,13,18-20H2,1-5H3,(H,28,32)/t21-,22+/m1/s1. The minimum atomic E-state index is -3.54. The van der Waals surface area contributed by atoms with Crippen LogP contribution >= 0.6 is 0 Å². The van der Waals surface area contributed by atoms with E-state index < -0.39 is 16.1 Å². The summed E-state index contributed by atoms with van der Waals surface area (Å²) >= 11 is 0. The topological polar surface area (TPSA) is 96.0 Å². The molecule has 0 aliphatic carbocycles. The number of rotatable bonds is 14. The van der Waals surface area contributed by atoms with E-state index in [1.54, 1.807) is 43.2 Å². The van der Waals surface area contributed by atoms with Crippen molar-refractivity contribution in [2.24, 2.45) is 0 Å². The van der Waals surface area contributed by atoms with Gasteiger partial charge in [-0.3, -0.25) is 13.9 Å². The number of anilines is 1. The second kappa shape index (κ2) is 13.9. The number of benzene rings is 2. The van der Waals surface area contributed by atoms with Crippen molar-refractivity contribution in [3.63, 3.8) is 0 Å². The van der Waals surface area contributed by atoms with Gasteiger partial charge < -0.3 is 15.0 Å². The maximum absolute atomic E-state index is 13.3. The third kappa shape index (κ3) is 8.86. The maximum atomic E-state index is 13.3. The molecule has 0 saturated heterocycles. The zero-order chi connectivity index (χ0) is 26.7. The Morgan fingerprint density at radius 2 is 1.64 bits per heavy atom. The Hall–Kier alpha value is -3.07. The molecule has 0 bridgehead atoms. The van der Waals surface area contributed by atoms with Crippen molar-refractivity contribution in [2.45, 2.75) is 58.5 Å². The quantitative estimate of drug-likeness (QED) is 0.413. The number of amides is 2. The number of sulfonamides is 1. The van der Waals surface area contributed by atoms with E-state index in [9.17, 15) is 18.0 Å². The van der Waals surface area contributed by atoms with E-state index in [0.717, 1.165) is 18.2 Å². The second-order valence-electron chi connectivity index (χ2n) is 8.95. The number of nitrogens with one attached hydrogen (secondary N) is 1. The molecule has 198 valence electrons. The Morgan fingerprint density at radius 1 is 1.00 bits per heavy atom. The number of hydrogen-bond donors (Lipinski definition) is 1. The van der Waals surface area contributed by atoms with E-state index in [0.29, 0.717) is 30.8 Å². The van der Waals surface area contributed by atoms with Gasteiger partial charge in [0.2, 0.25) is 21.8 Å². The van der Waals surface area contributed by atoms with Crippen LogP contribution < -0.4 is 14.4 Å². The van der Waals surface area contributed by atoms with E-state index in [1.807, 2.05) is 44.2 Å². The van der Waals surface area contributed by atoms with Gasteiger partial charge in [-0.25, -0.2) is 8.42 Å². The minimum absolute atomic E-state index is 0.0128. The summed E-state index contributed by atoms with van der Waals surface area (Å²) in [7, 11) is -2.00. The molecule has 8 nitrogen and oxygen atoms in total. The predicted octanol–water partition coefficient (Wildman–Crippen LogP) is 3.62. The molecule has 2 amide bonds. The first-order chi connectivity index (χ1) is 17.1. The van der Waals surface area contributed by atoms with Crippen LogP contribution in [-0.4, -0.2) is 63.7 Å². The fourth-order valence-electron chi connectivity index (χ4n) is 3.79. The van der Waals surface area contributed by atoms with Crippen LogP contribution in [0.25, 0.3) is 0 Å². The lowest BCUT2D eigenvalue weighted by atomic mass is 10.1. The molecule has 9 heteroatoms. The highest BCUT2D eigenvalue weighted by atomic mass is 32.2. The van der Waals surface area contributed by atoms with Gasteiger partial charge >= 0.3 is 0 Å². The summed E-state index contributed by atoms with van der Waals surface area (Å²) in [5, 5.41) is 2.96. The molecule has 0 unspecified atom stereocenters. The van der Waals surface area contributed by atoms with Gasteiger partial charge in [0.1, 0.15) is 11.8 Å². The van der Waals surface area contributed by atoms with Crippen LogP contribution in [0.15, 0.2) is 54.6 Å². The molecule has 0 radical (unpaired) electrons. The number of hydrogen-bond acceptors (Lipinski definition) is 5. The number of ether oxygens (including phenoxy) is 1. The predicted molar refractivity (Wildman–Crippen MR) is 144 cm³/mol. The lowest BCUT2D eigenvalue weighted by Crippen LogP contribution is -2.50. The highest BCUT2D eigenvalue weighted by Gasteiger charge is 2.27. The summed E-state index contributed by atoms with van der Waals surface area (Å²) in [6.07, 6.45) is 3.00. The molecule has 2 atom stereocenters. The van der Waals surface area contributed by atoms with E-state index in [4.69, 9.17) is 4.74 Å². The van der Waals surface area contributed by atoms with Crippen LogP contribution in [0.4, 0.5) is 5.69 Å². The molecular weight excluding hydrogens is 478 g/mol. The number of nitrogens with zero attached hydrogens (tertiary/aromatic N) is 2. The van der Waals surface area contributed by atoms with Crippen LogP contribution in [0.3, 0.4) is 0 Å². The van der Waals surface area contributed by atoms with Gasteiger partial charge in [-0.1, -0.05) is 37.3 Å². The molecule has 36 heavy (non-hydrogen) atoms. The molecule has 0 heterocycles. The van der Waals surface area contributed by atoms with Crippen molar-refractivity contribution in [1.82, 2.24) is 10.2 Å². The first kappa shape index (κ1) is 29.2. The first-order valence-corrected chi connectivity index (χ1v) is 14.2. The monoisotopic (exact) mass is 517 g/mol. The van der Waals surface area contributed by atoms with Crippen molar-refractivity contribution in [1.29, 1.82) is 0 Å². The van der Waals surface area contributed by atoms with Crippen molar-refractivity contribution < 1.29 is 22.7 Å². The van der Waals surface area contributed by atoms with Gasteiger partial charge in [0.15, 0.2) is 0 Å². The van der Waals surface area contributed by atoms with Crippen LogP contribution in [0.5, 0.6) is 5.75 Å². The normalized spacial score (nSPS) is 12.9. The average molecular weight is 518 g/mol. The third-order valence-corrected chi connectivity index (χ3v) is 7.36. The number of carbonyl (C=O) groups is 2. The van der Waals surface area contributed by atoms with Gasteiger partial charge in [-0.2, -0.15) is 0 Å². The van der Waals surface area contributed by atoms with Gasteiger partial charge in [-0.05, 0) is 62.9 Å². The molecule has 2 rings (SSSR count). The minimum Gasteiger partial charge on any atom is -0.497 e. The summed E-state index contributed by atoms with van der Waals surface area (Å²) in [5.41, 5.74) is 1.58. The van der Waals surface area contributed by atoms with Crippen molar-refractivity contribution >= 4 is 27.5 Å². The number of methoxy groups -OCH3 is 1. The van der Waals surface area contributed by atoms with Crippen molar-refractivity contribution in [3.8, 4) is 5.75 Å². The third-order valence-electron chi connectivity index (χ3n) is 6.17. The lowest BCUT2D eigenvalue weighted by Gasteiger charge is -2.30. The van der Waals surface area contributed by atoms with Crippen LogP contribution in [0, 0.1) is 0 Å². The van der Waals surface area contributed by atoms with E-state index in [2.05, 4.69) is 5.32 Å². The molecule has 0 spiro atoms. The molecule has 1 N–H and O–H groups in total. The zero-order valence-corrected chi connectivity index (χ0v) is 22.8. The smallest absolute Gasteiger partial charge is 0.242 e. The Kier molecular flexibility index (Phi) is 11.2. The largest absolute Gasteiger partial charge is 0.497 e. The fourth-order valence-corrected chi connectivity index (χ4v) is 4.75. The molecule has 0 aliphatic rings.